The van der Waals surface area contributed by atoms with E-state index in [-0.39, 0.29) is 5.91 Å². The SMILES string of the molecule is COc1ccccc1NC(=O)/C=C/c1cccc(Cl)c1Cl. The summed E-state index contributed by atoms with van der Waals surface area (Å²) in [5, 5.41) is 3.60. The van der Waals surface area contributed by atoms with Gasteiger partial charge in [0.2, 0.25) is 5.91 Å². The molecule has 2 aromatic carbocycles. The minimum atomic E-state index is -0.282. The minimum absolute atomic E-state index is 0.282. The van der Waals surface area contributed by atoms with Gasteiger partial charge in [0.15, 0.2) is 0 Å². The van der Waals surface area contributed by atoms with Crippen LogP contribution in [-0.2, 0) is 4.79 Å². The first-order valence-electron chi connectivity index (χ1n) is 6.18. The predicted octanol–water partition coefficient (Wildman–Crippen LogP) is 4.65. The Bertz CT molecular complexity index is 684. The number of amides is 1. The van der Waals surface area contributed by atoms with Crippen LogP contribution in [-0.4, -0.2) is 13.0 Å². The molecule has 0 aromatic heterocycles. The van der Waals surface area contributed by atoms with Crippen LogP contribution in [0.25, 0.3) is 6.08 Å². The number of ether oxygens (including phenoxy) is 1. The molecule has 1 amide bonds. The Hall–Kier alpha value is -1.97. The summed E-state index contributed by atoms with van der Waals surface area (Å²) in [4.78, 5) is 11.9. The molecule has 0 heterocycles. The van der Waals surface area contributed by atoms with Gasteiger partial charge in [-0.25, -0.2) is 0 Å². The molecule has 2 rings (SSSR count). The average Bonchev–Trinajstić information content (AvgIpc) is 2.49. The molecule has 0 fully saturated rings. The molecule has 0 bridgehead atoms. The van der Waals surface area contributed by atoms with Crippen LogP contribution in [0.2, 0.25) is 10.0 Å². The van der Waals surface area contributed by atoms with E-state index in [1.54, 1.807) is 43.5 Å². The second kappa shape index (κ2) is 7.16. The van der Waals surface area contributed by atoms with Crippen LogP contribution in [0.4, 0.5) is 5.69 Å². The number of carbonyl (C=O) groups is 1. The molecule has 0 radical (unpaired) electrons. The van der Waals surface area contributed by atoms with Crippen LogP contribution in [0.1, 0.15) is 5.56 Å². The monoisotopic (exact) mass is 321 g/mol. The molecule has 21 heavy (non-hydrogen) atoms. The fourth-order valence-corrected chi connectivity index (χ4v) is 2.11. The summed E-state index contributed by atoms with van der Waals surface area (Å²) < 4.78 is 5.17. The second-order valence-electron chi connectivity index (χ2n) is 4.17. The van der Waals surface area contributed by atoms with E-state index in [4.69, 9.17) is 27.9 Å². The number of para-hydroxylation sites is 2. The average molecular weight is 322 g/mol. The van der Waals surface area contributed by atoms with Crippen molar-refractivity contribution in [1.29, 1.82) is 0 Å². The second-order valence-corrected chi connectivity index (χ2v) is 4.95. The fourth-order valence-electron chi connectivity index (χ4n) is 1.74. The van der Waals surface area contributed by atoms with Crippen LogP contribution in [0.15, 0.2) is 48.5 Å². The summed E-state index contributed by atoms with van der Waals surface area (Å²) in [5.41, 5.74) is 1.28. The normalized spacial score (nSPS) is 10.6. The van der Waals surface area contributed by atoms with Crippen molar-refractivity contribution in [3.8, 4) is 5.75 Å². The molecule has 3 nitrogen and oxygen atoms in total. The molecule has 0 unspecified atom stereocenters. The largest absolute Gasteiger partial charge is 0.495 e. The predicted molar refractivity (Wildman–Crippen MR) is 87.1 cm³/mol. The highest BCUT2D eigenvalue weighted by Gasteiger charge is 2.05. The number of nitrogens with one attached hydrogen (secondary N) is 1. The minimum Gasteiger partial charge on any atom is -0.495 e. The summed E-state index contributed by atoms with van der Waals surface area (Å²) in [6, 6.07) is 12.4. The first-order valence-corrected chi connectivity index (χ1v) is 6.93. The molecule has 0 saturated heterocycles. The van der Waals surface area contributed by atoms with E-state index in [2.05, 4.69) is 5.32 Å². The summed E-state index contributed by atoms with van der Waals surface area (Å²) >= 11 is 12.0. The van der Waals surface area contributed by atoms with Gasteiger partial charge in [-0.2, -0.15) is 0 Å². The quantitative estimate of drug-likeness (QED) is 0.832. The Labute approximate surface area is 133 Å². The van der Waals surface area contributed by atoms with Crippen molar-refractivity contribution in [2.45, 2.75) is 0 Å². The molecule has 5 heteroatoms. The fraction of sp³-hybridized carbons (Fsp3) is 0.0625. The van der Waals surface area contributed by atoms with Gasteiger partial charge < -0.3 is 10.1 Å². The smallest absolute Gasteiger partial charge is 0.248 e. The van der Waals surface area contributed by atoms with Gasteiger partial charge in [-0.1, -0.05) is 47.5 Å². The molecule has 0 atom stereocenters. The number of benzene rings is 2. The number of hydrogen-bond acceptors (Lipinski definition) is 2. The highest BCUT2D eigenvalue weighted by molar-refractivity contribution is 6.42. The number of hydrogen-bond donors (Lipinski definition) is 1. The highest BCUT2D eigenvalue weighted by Crippen LogP contribution is 2.26. The lowest BCUT2D eigenvalue weighted by molar-refractivity contribution is -0.111. The molecule has 0 spiro atoms. The molecule has 2 aromatic rings. The zero-order valence-corrected chi connectivity index (χ0v) is 12.8. The Morgan fingerprint density at radius 2 is 1.90 bits per heavy atom. The zero-order valence-electron chi connectivity index (χ0n) is 11.3. The standard InChI is InChI=1S/C16H13Cl2NO2/c1-21-14-8-3-2-7-13(14)19-15(20)10-9-11-5-4-6-12(17)16(11)18/h2-10H,1H3,(H,19,20)/b10-9+. The number of carbonyl (C=O) groups excluding carboxylic acids is 1. The Kier molecular flexibility index (Phi) is 5.26. The zero-order chi connectivity index (χ0) is 15.2. The molecule has 0 aliphatic carbocycles. The van der Waals surface area contributed by atoms with Crippen molar-refractivity contribution in [1.82, 2.24) is 0 Å². The molecule has 0 saturated carbocycles. The van der Waals surface area contributed by atoms with Crippen LogP contribution < -0.4 is 10.1 Å². The van der Waals surface area contributed by atoms with Gasteiger partial charge in [-0.05, 0) is 29.8 Å². The van der Waals surface area contributed by atoms with E-state index in [1.165, 1.54) is 6.08 Å². The van der Waals surface area contributed by atoms with E-state index >= 15 is 0 Å². The van der Waals surface area contributed by atoms with E-state index in [9.17, 15) is 4.79 Å². The number of anilines is 1. The maximum absolute atomic E-state index is 11.9. The van der Waals surface area contributed by atoms with Crippen molar-refractivity contribution in [3.63, 3.8) is 0 Å². The van der Waals surface area contributed by atoms with Gasteiger partial charge in [0.25, 0.3) is 0 Å². The molecule has 108 valence electrons. The third-order valence-corrected chi connectivity index (χ3v) is 3.59. The number of halogens is 2. The van der Waals surface area contributed by atoms with Gasteiger partial charge in [0.05, 0.1) is 22.8 Å². The van der Waals surface area contributed by atoms with Gasteiger partial charge in [0, 0.05) is 6.08 Å². The van der Waals surface area contributed by atoms with Gasteiger partial charge in [-0.3, -0.25) is 4.79 Å². The van der Waals surface area contributed by atoms with Crippen molar-refractivity contribution in [2.75, 3.05) is 12.4 Å². The number of methoxy groups -OCH3 is 1. The summed E-state index contributed by atoms with van der Waals surface area (Å²) in [7, 11) is 1.55. The van der Waals surface area contributed by atoms with Crippen LogP contribution in [0, 0.1) is 0 Å². The molecule has 0 aliphatic heterocycles. The van der Waals surface area contributed by atoms with Crippen LogP contribution in [0.3, 0.4) is 0 Å². The van der Waals surface area contributed by atoms with E-state index < -0.39 is 0 Å². The molecular formula is C16H13Cl2NO2. The third kappa shape index (κ3) is 4.00. The van der Waals surface area contributed by atoms with E-state index in [0.717, 1.165) is 0 Å². The lowest BCUT2D eigenvalue weighted by atomic mass is 10.2. The lowest BCUT2D eigenvalue weighted by Crippen LogP contribution is -2.08. The lowest BCUT2D eigenvalue weighted by Gasteiger charge is -2.07. The summed E-state index contributed by atoms with van der Waals surface area (Å²) in [5.74, 6) is 0.315. The van der Waals surface area contributed by atoms with Crippen LogP contribution >= 0.6 is 23.2 Å². The summed E-state index contributed by atoms with van der Waals surface area (Å²) in [6.07, 6.45) is 3.00. The highest BCUT2D eigenvalue weighted by atomic mass is 35.5. The van der Waals surface area contributed by atoms with Gasteiger partial charge in [0.1, 0.15) is 5.75 Å². The van der Waals surface area contributed by atoms with Crippen molar-refractivity contribution >= 4 is 40.9 Å². The van der Waals surface area contributed by atoms with Crippen molar-refractivity contribution < 1.29 is 9.53 Å². The topological polar surface area (TPSA) is 38.3 Å². The molecular weight excluding hydrogens is 309 g/mol. The Morgan fingerprint density at radius 3 is 2.67 bits per heavy atom. The molecule has 1 N–H and O–H groups in total. The van der Waals surface area contributed by atoms with E-state index in [0.29, 0.717) is 27.0 Å². The van der Waals surface area contributed by atoms with Crippen molar-refractivity contribution in [2.24, 2.45) is 0 Å². The Morgan fingerprint density at radius 1 is 1.14 bits per heavy atom. The Balaban J connectivity index is 2.11. The van der Waals surface area contributed by atoms with E-state index in [1.807, 2.05) is 12.1 Å². The first kappa shape index (κ1) is 15.4. The van der Waals surface area contributed by atoms with Crippen LogP contribution in [0.5, 0.6) is 5.75 Å². The number of rotatable bonds is 4. The molecule has 0 aliphatic rings. The third-order valence-electron chi connectivity index (χ3n) is 2.76. The maximum Gasteiger partial charge on any atom is 0.248 e. The van der Waals surface area contributed by atoms with Gasteiger partial charge >= 0.3 is 0 Å². The van der Waals surface area contributed by atoms with Crippen molar-refractivity contribution in [3.05, 3.63) is 64.1 Å². The summed E-state index contributed by atoms with van der Waals surface area (Å²) in [6.45, 7) is 0. The first-order chi connectivity index (χ1) is 10.1. The van der Waals surface area contributed by atoms with Gasteiger partial charge in [-0.15, -0.1) is 0 Å². The maximum atomic E-state index is 11.9.